The van der Waals surface area contributed by atoms with Crippen LogP contribution in [0.1, 0.15) is 17.3 Å². The van der Waals surface area contributed by atoms with Gasteiger partial charge in [-0.15, -0.1) is 0 Å². The van der Waals surface area contributed by atoms with Crippen molar-refractivity contribution in [1.82, 2.24) is 9.88 Å². The van der Waals surface area contributed by atoms with Crippen LogP contribution >= 0.6 is 0 Å². The van der Waals surface area contributed by atoms with Gasteiger partial charge < -0.3 is 25.0 Å². The molecule has 0 aliphatic carbocycles. The van der Waals surface area contributed by atoms with Gasteiger partial charge in [0, 0.05) is 39.5 Å². The van der Waals surface area contributed by atoms with Crippen LogP contribution < -0.4 is 10.6 Å². The molecule has 1 aliphatic heterocycles. The molecule has 2 heterocycles. The molecular formula is C16H24N4O4. The third kappa shape index (κ3) is 4.42. The maximum Gasteiger partial charge on any atom is 0.339 e. The van der Waals surface area contributed by atoms with Crippen molar-refractivity contribution in [3.05, 3.63) is 23.9 Å². The van der Waals surface area contributed by atoms with Crippen molar-refractivity contribution in [2.45, 2.75) is 13.0 Å². The Hall–Kier alpha value is -2.19. The van der Waals surface area contributed by atoms with E-state index in [9.17, 15) is 9.59 Å². The molecule has 132 valence electrons. The summed E-state index contributed by atoms with van der Waals surface area (Å²) in [6, 6.07) is 2.87. The summed E-state index contributed by atoms with van der Waals surface area (Å²) in [5.74, 6) is 0.303. The van der Waals surface area contributed by atoms with Crippen molar-refractivity contribution >= 4 is 17.7 Å². The van der Waals surface area contributed by atoms with E-state index in [2.05, 4.69) is 9.88 Å². The maximum atomic E-state index is 12.1. The highest BCUT2D eigenvalue weighted by molar-refractivity contribution is 5.89. The second kappa shape index (κ2) is 8.60. The van der Waals surface area contributed by atoms with Gasteiger partial charge in [0.05, 0.1) is 18.8 Å². The maximum absolute atomic E-state index is 12.1. The van der Waals surface area contributed by atoms with Crippen LogP contribution in [0.2, 0.25) is 0 Å². The number of amides is 1. The fourth-order valence-electron chi connectivity index (χ4n) is 2.55. The Labute approximate surface area is 141 Å². The summed E-state index contributed by atoms with van der Waals surface area (Å²) in [5, 5.41) is 0. The highest BCUT2D eigenvalue weighted by atomic mass is 16.5. The summed E-state index contributed by atoms with van der Waals surface area (Å²) in [6.45, 7) is 4.81. The molecule has 0 radical (unpaired) electrons. The van der Waals surface area contributed by atoms with Crippen LogP contribution in [0.15, 0.2) is 18.3 Å². The fraction of sp³-hybridized carbons (Fsp3) is 0.562. The van der Waals surface area contributed by atoms with E-state index >= 15 is 0 Å². The van der Waals surface area contributed by atoms with Crippen molar-refractivity contribution in [3.63, 3.8) is 0 Å². The molecule has 8 nitrogen and oxygen atoms in total. The molecule has 1 saturated heterocycles. The zero-order valence-corrected chi connectivity index (χ0v) is 14.1. The highest BCUT2D eigenvalue weighted by Crippen LogP contribution is 2.15. The zero-order valence-electron chi connectivity index (χ0n) is 14.1. The molecule has 1 aliphatic rings. The van der Waals surface area contributed by atoms with Gasteiger partial charge in [0.25, 0.3) is 0 Å². The fourth-order valence-corrected chi connectivity index (χ4v) is 2.55. The molecule has 1 aromatic heterocycles. The van der Waals surface area contributed by atoms with E-state index in [1.807, 2.05) is 0 Å². The number of rotatable bonds is 6. The first-order valence-electron chi connectivity index (χ1n) is 7.98. The Kier molecular flexibility index (Phi) is 6.51. The number of carbonyl (C=O) groups is 2. The number of pyridine rings is 1. The second-order valence-electron chi connectivity index (χ2n) is 5.50. The van der Waals surface area contributed by atoms with Crippen LogP contribution in [0, 0.1) is 0 Å². The molecule has 2 N–H and O–H groups in total. The molecule has 0 bridgehead atoms. The predicted molar refractivity (Wildman–Crippen MR) is 88.8 cm³/mol. The molecule has 0 saturated carbocycles. The van der Waals surface area contributed by atoms with E-state index in [0.29, 0.717) is 38.3 Å². The van der Waals surface area contributed by atoms with Crippen LogP contribution in [0.25, 0.3) is 0 Å². The molecule has 24 heavy (non-hydrogen) atoms. The van der Waals surface area contributed by atoms with Gasteiger partial charge in [-0.25, -0.2) is 9.78 Å². The average molecular weight is 336 g/mol. The van der Waals surface area contributed by atoms with Gasteiger partial charge in [0.2, 0.25) is 5.91 Å². The van der Waals surface area contributed by atoms with Gasteiger partial charge in [-0.05, 0) is 19.1 Å². The molecule has 1 amide bonds. The lowest BCUT2D eigenvalue weighted by atomic mass is 10.2. The summed E-state index contributed by atoms with van der Waals surface area (Å²) < 4.78 is 9.86. The molecule has 1 atom stereocenters. The number of nitrogens with zero attached hydrogens (tertiary/aromatic N) is 3. The van der Waals surface area contributed by atoms with Gasteiger partial charge in [0.15, 0.2) is 0 Å². The molecule has 0 aromatic carbocycles. The number of esters is 1. The minimum atomic E-state index is -0.622. The Morgan fingerprint density at radius 3 is 2.54 bits per heavy atom. The number of piperazine rings is 1. The molecule has 1 fully saturated rings. The largest absolute Gasteiger partial charge is 0.462 e. The van der Waals surface area contributed by atoms with Gasteiger partial charge in [-0.1, -0.05) is 0 Å². The Morgan fingerprint density at radius 1 is 1.29 bits per heavy atom. The van der Waals surface area contributed by atoms with Crippen molar-refractivity contribution in [2.24, 2.45) is 5.73 Å². The van der Waals surface area contributed by atoms with Crippen LogP contribution in [-0.4, -0.2) is 74.3 Å². The third-order valence-electron chi connectivity index (χ3n) is 3.84. The lowest BCUT2D eigenvalue weighted by Gasteiger charge is -2.36. The first-order valence-corrected chi connectivity index (χ1v) is 7.98. The lowest BCUT2D eigenvalue weighted by Crippen LogP contribution is -2.54. The van der Waals surface area contributed by atoms with Crippen molar-refractivity contribution in [1.29, 1.82) is 0 Å². The second-order valence-corrected chi connectivity index (χ2v) is 5.50. The summed E-state index contributed by atoms with van der Waals surface area (Å²) in [5.41, 5.74) is 6.22. The smallest absolute Gasteiger partial charge is 0.339 e. The van der Waals surface area contributed by atoms with E-state index < -0.39 is 6.04 Å². The Morgan fingerprint density at radius 2 is 2.00 bits per heavy atom. The van der Waals surface area contributed by atoms with Gasteiger partial charge in [-0.2, -0.15) is 0 Å². The molecule has 1 unspecified atom stereocenters. The number of methoxy groups -OCH3 is 1. The number of ether oxygens (including phenoxy) is 2. The highest BCUT2D eigenvalue weighted by Gasteiger charge is 2.25. The average Bonchev–Trinajstić information content (AvgIpc) is 2.62. The normalized spacial score (nSPS) is 16.0. The van der Waals surface area contributed by atoms with Crippen molar-refractivity contribution < 1.29 is 19.1 Å². The zero-order chi connectivity index (χ0) is 17.5. The quantitative estimate of drug-likeness (QED) is 0.723. The SMILES string of the molecule is CCOC(=O)c1ccc(N2CCN(C(=O)C(N)COC)CC2)nc1. The number of carbonyl (C=O) groups excluding carboxylic acids is 2. The molecule has 8 heteroatoms. The summed E-state index contributed by atoms with van der Waals surface area (Å²) in [7, 11) is 1.52. The van der Waals surface area contributed by atoms with Gasteiger partial charge in [-0.3, -0.25) is 4.79 Å². The predicted octanol–water partition coefficient (Wildman–Crippen LogP) is -0.119. The van der Waals surface area contributed by atoms with E-state index in [1.54, 1.807) is 24.0 Å². The van der Waals surface area contributed by atoms with E-state index in [4.69, 9.17) is 15.2 Å². The molecule has 1 aromatic rings. The van der Waals surface area contributed by atoms with Crippen LogP contribution in [0.3, 0.4) is 0 Å². The molecule has 0 spiro atoms. The number of hydrogen-bond acceptors (Lipinski definition) is 7. The van der Waals surface area contributed by atoms with E-state index in [0.717, 1.165) is 5.82 Å². The number of nitrogens with two attached hydrogens (primary N) is 1. The van der Waals surface area contributed by atoms with E-state index in [1.165, 1.54) is 13.3 Å². The summed E-state index contributed by atoms with van der Waals surface area (Å²) in [6.07, 6.45) is 1.51. The standard InChI is InChI=1S/C16H24N4O4/c1-3-24-16(22)12-4-5-14(18-10-12)19-6-8-20(9-7-19)15(21)13(17)11-23-2/h4-5,10,13H,3,6-9,11,17H2,1-2H3. The van der Waals surface area contributed by atoms with Crippen LogP contribution in [0.4, 0.5) is 5.82 Å². The van der Waals surface area contributed by atoms with Crippen LogP contribution in [-0.2, 0) is 14.3 Å². The van der Waals surface area contributed by atoms with Crippen LogP contribution in [0.5, 0.6) is 0 Å². The van der Waals surface area contributed by atoms with E-state index in [-0.39, 0.29) is 18.5 Å². The monoisotopic (exact) mass is 336 g/mol. The number of aromatic nitrogens is 1. The lowest BCUT2D eigenvalue weighted by molar-refractivity contribution is -0.134. The topological polar surface area (TPSA) is 98.0 Å². The molecule has 2 rings (SSSR count). The minimum absolute atomic E-state index is 0.0953. The minimum Gasteiger partial charge on any atom is -0.462 e. The van der Waals surface area contributed by atoms with Gasteiger partial charge in [0.1, 0.15) is 11.9 Å². The van der Waals surface area contributed by atoms with Crippen molar-refractivity contribution in [3.8, 4) is 0 Å². The Bertz CT molecular complexity index is 556. The Balaban J connectivity index is 1.90. The first-order chi connectivity index (χ1) is 11.6. The summed E-state index contributed by atoms with van der Waals surface area (Å²) in [4.78, 5) is 31.9. The molecular weight excluding hydrogens is 312 g/mol. The number of anilines is 1. The third-order valence-corrected chi connectivity index (χ3v) is 3.84. The first kappa shape index (κ1) is 18.2. The van der Waals surface area contributed by atoms with Gasteiger partial charge >= 0.3 is 5.97 Å². The number of hydrogen-bond donors (Lipinski definition) is 1. The van der Waals surface area contributed by atoms with Crippen molar-refractivity contribution in [2.75, 3.05) is 51.4 Å². The summed E-state index contributed by atoms with van der Waals surface area (Å²) >= 11 is 0.